The van der Waals surface area contributed by atoms with E-state index < -0.39 is 10.0 Å². The third-order valence-corrected chi connectivity index (χ3v) is 7.06. The smallest absolute Gasteiger partial charge is 0.242 e. The van der Waals surface area contributed by atoms with Crippen LogP contribution in [0.1, 0.15) is 5.56 Å². The van der Waals surface area contributed by atoms with Gasteiger partial charge in [0.2, 0.25) is 10.0 Å². The molecule has 0 unspecified atom stereocenters. The van der Waals surface area contributed by atoms with Crippen LogP contribution < -0.4 is 4.80 Å². The van der Waals surface area contributed by atoms with Crippen molar-refractivity contribution in [1.29, 1.82) is 0 Å². The highest BCUT2D eigenvalue weighted by molar-refractivity contribution is 8.93. The maximum absolute atomic E-state index is 12.5. The van der Waals surface area contributed by atoms with Gasteiger partial charge in [0, 0.05) is 37.1 Å². The van der Waals surface area contributed by atoms with Crippen molar-refractivity contribution >= 4 is 55.6 Å². The molecule has 0 bridgehead atoms. The summed E-state index contributed by atoms with van der Waals surface area (Å²) >= 11 is 7.42. The predicted octanol–water partition coefficient (Wildman–Crippen LogP) is 4.78. The van der Waals surface area contributed by atoms with Crippen LogP contribution in [0.4, 0.5) is 5.69 Å². The number of rotatable bonds is 4. The Morgan fingerprint density at radius 3 is 2.36 bits per heavy atom. The molecule has 0 fully saturated rings. The molecule has 0 aliphatic rings. The molecule has 0 N–H and O–H groups in total. The minimum absolute atomic E-state index is 0. The lowest BCUT2D eigenvalue weighted by Crippen LogP contribution is -2.22. The van der Waals surface area contributed by atoms with Crippen molar-refractivity contribution in [2.45, 2.75) is 11.8 Å². The van der Waals surface area contributed by atoms with Crippen LogP contribution in [0.2, 0.25) is 5.02 Å². The zero-order valence-corrected chi connectivity index (χ0v) is 20.0. The van der Waals surface area contributed by atoms with Crippen LogP contribution in [0, 0.1) is 6.92 Å². The van der Waals surface area contributed by atoms with E-state index in [4.69, 9.17) is 11.6 Å². The fourth-order valence-corrected chi connectivity index (χ4v) is 4.70. The Morgan fingerprint density at radius 2 is 1.75 bits per heavy atom. The number of hydrogen-bond donors (Lipinski definition) is 0. The van der Waals surface area contributed by atoms with E-state index in [9.17, 15) is 8.42 Å². The highest BCUT2D eigenvalue weighted by atomic mass is 79.9. The fraction of sp³-hybridized carbons (Fsp3) is 0.211. The standard InChI is InChI=1S/C19H20ClN3O2S2.BrH/c1-13-9-14(11-17(10-13)27(24,25)22(2)3)18-12-26-19(23(18)4)21-16-7-5-15(20)6-8-16;/h5-12H,1-4H3;1H/b21-19+;. The summed E-state index contributed by atoms with van der Waals surface area (Å²) in [6.07, 6.45) is 0. The first-order valence-electron chi connectivity index (χ1n) is 8.18. The maximum atomic E-state index is 12.5. The lowest BCUT2D eigenvalue weighted by Gasteiger charge is -2.13. The van der Waals surface area contributed by atoms with Crippen molar-refractivity contribution in [3.05, 3.63) is 63.2 Å². The third kappa shape index (κ3) is 4.75. The van der Waals surface area contributed by atoms with Crippen LogP contribution in [-0.4, -0.2) is 31.4 Å². The minimum Gasteiger partial charge on any atom is -0.320 e. The van der Waals surface area contributed by atoms with Gasteiger partial charge in [-0.1, -0.05) is 11.6 Å². The predicted molar refractivity (Wildman–Crippen MR) is 121 cm³/mol. The topological polar surface area (TPSA) is 54.7 Å². The second-order valence-electron chi connectivity index (χ2n) is 6.37. The Morgan fingerprint density at radius 1 is 1.11 bits per heavy atom. The minimum atomic E-state index is -3.50. The average Bonchev–Trinajstić information content (AvgIpc) is 2.97. The largest absolute Gasteiger partial charge is 0.320 e. The van der Waals surface area contributed by atoms with Crippen LogP contribution >= 0.6 is 39.9 Å². The molecule has 1 aromatic heterocycles. The van der Waals surface area contributed by atoms with E-state index in [2.05, 4.69) is 4.99 Å². The van der Waals surface area contributed by atoms with Crippen molar-refractivity contribution < 1.29 is 8.42 Å². The molecule has 150 valence electrons. The van der Waals surface area contributed by atoms with Crippen molar-refractivity contribution in [1.82, 2.24) is 8.87 Å². The van der Waals surface area contributed by atoms with E-state index in [1.807, 2.05) is 42.1 Å². The van der Waals surface area contributed by atoms with Crippen LogP contribution in [0.5, 0.6) is 0 Å². The van der Waals surface area contributed by atoms with E-state index in [-0.39, 0.29) is 21.9 Å². The molecule has 0 amide bonds. The van der Waals surface area contributed by atoms with Crippen molar-refractivity contribution in [3.63, 3.8) is 0 Å². The Bertz CT molecular complexity index is 1150. The number of sulfonamides is 1. The van der Waals surface area contributed by atoms with Gasteiger partial charge in [-0.2, -0.15) is 0 Å². The summed E-state index contributed by atoms with van der Waals surface area (Å²) < 4.78 is 28.2. The van der Waals surface area contributed by atoms with Crippen molar-refractivity contribution in [3.8, 4) is 11.3 Å². The van der Waals surface area contributed by atoms with Gasteiger partial charge < -0.3 is 4.57 Å². The molecule has 0 atom stereocenters. The number of halogens is 2. The molecule has 0 saturated carbocycles. The number of aromatic nitrogens is 1. The van der Waals surface area contributed by atoms with E-state index in [0.717, 1.165) is 27.3 Å². The highest BCUT2D eigenvalue weighted by Crippen LogP contribution is 2.26. The van der Waals surface area contributed by atoms with Crippen LogP contribution in [-0.2, 0) is 17.1 Å². The number of nitrogens with zero attached hydrogens (tertiary/aromatic N) is 3. The molecule has 0 saturated heterocycles. The molecule has 0 spiro atoms. The molecule has 0 aliphatic heterocycles. The Kier molecular flexibility index (Phi) is 7.27. The summed E-state index contributed by atoms with van der Waals surface area (Å²) in [4.78, 5) is 5.74. The summed E-state index contributed by atoms with van der Waals surface area (Å²) in [5.41, 5.74) is 3.44. The quantitative estimate of drug-likeness (QED) is 0.516. The molecule has 0 radical (unpaired) electrons. The third-order valence-electron chi connectivity index (χ3n) is 4.10. The number of hydrogen-bond acceptors (Lipinski definition) is 4. The lowest BCUT2D eigenvalue weighted by atomic mass is 10.1. The first-order chi connectivity index (χ1) is 12.7. The number of thiazole rings is 1. The van der Waals surface area contributed by atoms with Gasteiger partial charge in [-0.05, 0) is 55.0 Å². The molecule has 1 heterocycles. The number of benzene rings is 2. The van der Waals surface area contributed by atoms with Crippen LogP contribution in [0.3, 0.4) is 0 Å². The zero-order chi connectivity index (χ0) is 19.8. The summed E-state index contributed by atoms with van der Waals surface area (Å²) in [6, 6.07) is 12.7. The fourth-order valence-electron chi connectivity index (χ4n) is 2.61. The van der Waals surface area contributed by atoms with E-state index >= 15 is 0 Å². The van der Waals surface area contributed by atoms with E-state index in [0.29, 0.717) is 5.02 Å². The number of aryl methyl sites for hydroxylation is 1. The highest BCUT2D eigenvalue weighted by Gasteiger charge is 2.19. The van der Waals surface area contributed by atoms with Crippen molar-refractivity contribution in [2.24, 2.45) is 12.0 Å². The summed E-state index contributed by atoms with van der Waals surface area (Å²) in [6.45, 7) is 1.89. The molecular formula is C19H21BrClN3O2S2. The first kappa shape index (κ1) is 22.8. The normalized spacial score (nSPS) is 12.3. The Labute approximate surface area is 184 Å². The van der Waals surface area contributed by atoms with Gasteiger partial charge in [-0.3, -0.25) is 0 Å². The van der Waals surface area contributed by atoms with E-state index in [1.165, 1.54) is 29.7 Å². The summed E-state index contributed by atoms with van der Waals surface area (Å²) in [5, 5.41) is 2.65. The van der Waals surface area contributed by atoms with Crippen LogP contribution in [0.15, 0.2) is 57.7 Å². The second kappa shape index (κ2) is 8.92. The second-order valence-corrected chi connectivity index (χ2v) is 9.80. The van der Waals surface area contributed by atoms with Gasteiger partial charge in [0.15, 0.2) is 4.80 Å². The van der Waals surface area contributed by atoms with E-state index in [1.54, 1.807) is 24.3 Å². The summed E-state index contributed by atoms with van der Waals surface area (Å²) in [7, 11) is 1.49. The maximum Gasteiger partial charge on any atom is 0.242 e. The molecule has 3 rings (SSSR count). The van der Waals surface area contributed by atoms with Gasteiger partial charge in [0.05, 0.1) is 16.3 Å². The van der Waals surface area contributed by atoms with Crippen LogP contribution in [0.25, 0.3) is 11.3 Å². The zero-order valence-electron chi connectivity index (χ0n) is 15.9. The molecule has 5 nitrogen and oxygen atoms in total. The molecule has 2 aromatic carbocycles. The summed E-state index contributed by atoms with van der Waals surface area (Å²) in [5.74, 6) is 0. The van der Waals surface area contributed by atoms with Gasteiger partial charge in [0.1, 0.15) is 0 Å². The monoisotopic (exact) mass is 501 g/mol. The molecule has 9 heteroatoms. The molecular weight excluding hydrogens is 482 g/mol. The van der Waals surface area contributed by atoms with Gasteiger partial charge >= 0.3 is 0 Å². The molecule has 28 heavy (non-hydrogen) atoms. The molecule has 3 aromatic rings. The average molecular weight is 503 g/mol. The van der Waals surface area contributed by atoms with Crippen molar-refractivity contribution in [2.75, 3.05) is 14.1 Å². The lowest BCUT2D eigenvalue weighted by molar-refractivity contribution is 0.520. The Balaban J connectivity index is 0.00000280. The first-order valence-corrected chi connectivity index (χ1v) is 10.9. The van der Waals surface area contributed by atoms with Gasteiger partial charge in [-0.15, -0.1) is 28.3 Å². The van der Waals surface area contributed by atoms with Gasteiger partial charge in [0.25, 0.3) is 0 Å². The SMILES string of the molecule is Br.Cc1cc(-c2cs/c(=N/c3ccc(Cl)cc3)n2C)cc(S(=O)(=O)N(C)C)c1. The Hall–Kier alpha value is -1.45. The molecule has 0 aliphatic carbocycles. The van der Waals surface area contributed by atoms with Gasteiger partial charge in [-0.25, -0.2) is 17.7 Å².